The van der Waals surface area contributed by atoms with Gasteiger partial charge in [0, 0.05) is 20.6 Å². The van der Waals surface area contributed by atoms with Crippen molar-refractivity contribution in [3.05, 3.63) is 12.2 Å². The molecular weight excluding hydrogens is 172 g/mol. The van der Waals surface area contributed by atoms with Crippen LogP contribution < -0.4 is 0 Å². The quantitative estimate of drug-likeness (QED) is 0.356. The molecule has 0 radical (unpaired) electrons. The topological polar surface area (TPSA) is 44.8 Å². The van der Waals surface area contributed by atoms with Crippen molar-refractivity contribution in [3.63, 3.8) is 0 Å². The van der Waals surface area contributed by atoms with Crippen molar-refractivity contribution in [1.29, 1.82) is 0 Å². The molecule has 0 saturated carbocycles. The van der Waals surface area contributed by atoms with Gasteiger partial charge in [-0.1, -0.05) is 6.08 Å². The first kappa shape index (κ1) is 12.1. The Labute approximate surface area is 78.5 Å². The molecule has 0 rings (SSSR count). The summed E-state index contributed by atoms with van der Waals surface area (Å²) in [6, 6.07) is 0. The number of hydrogen-bond acceptors (Lipinski definition) is 4. The number of ether oxygens (including phenoxy) is 3. The average Bonchev–Trinajstić information content (AvgIpc) is 2.18. The average molecular weight is 188 g/mol. The van der Waals surface area contributed by atoms with E-state index in [1.165, 1.54) is 7.11 Å². The molecule has 0 amide bonds. The Balaban J connectivity index is 3.55. The van der Waals surface area contributed by atoms with Gasteiger partial charge in [-0.25, -0.2) is 0 Å². The summed E-state index contributed by atoms with van der Waals surface area (Å²) in [5, 5.41) is 0. The van der Waals surface area contributed by atoms with Crippen LogP contribution in [0.4, 0.5) is 0 Å². The monoisotopic (exact) mass is 188 g/mol. The van der Waals surface area contributed by atoms with Gasteiger partial charge in [-0.05, 0) is 12.5 Å². The van der Waals surface area contributed by atoms with E-state index in [-0.39, 0.29) is 12.3 Å². The summed E-state index contributed by atoms with van der Waals surface area (Å²) in [6.45, 7) is 0. The minimum Gasteiger partial charge on any atom is -0.469 e. The van der Waals surface area contributed by atoms with Crippen molar-refractivity contribution < 1.29 is 19.0 Å². The molecule has 4 heteroatoms. The van der Waals surface area contributed by atoms with Gasteiger partial charge >= 0.3 is 5.97 Å². The summed E-state index contributed by atoms with van der Waals surface area (Å²) >= 11 is 0. The van der Waals surface area contributed by atoms with Gasteiger partial charge in [0.1, 0.15) is 0 Å². The first-order valence-electron chi connectivity index (χ1n) is 4.03. The molecule has 13 heavy (non-hydrogen) atoms. The minimum atomic E-state index is -0.336. The van der Waals surface area contributed by atoms with Crippen molar-refractivity contribution in [1.82, 2.24) is 0 Å². The van der Waals surface area contributed by atoms with Gasteiger partial charge in [0.05, 0.1) is 7.11 Å². The van der Waals surface area contributed by atoms with Crippen LogP contribution in [0.15, 0.2) is 12.2 Å². The van der Waals surface area contributed by atoms with Crippen molar-refractivity contribution in [3.8, 4) is 0 Å². The zero-order valence-corrected chi connectivity index (χ0v) is 8.28. The number of carbonyl (C=O) groups is 1. The standard InChI is InChI=1S/C9H16O4/c1-11-8(10)6-4-5-7-9(12-2)13-3/h5,7,9H,4,6H2,1-3H3. The highest BCUT2D eigenvalue weighted by atomic mass is 16.7. The predicted octanol–water partition coefficient (Wildman–Crippen LogP) is 1.11. The molecule has 76 valence electrons. The summed E-state index contributed by atoms with van der Waals surface area (Å²) in [5.74, 6) is -0.212. The van der Waals surface area contributed by atoms with E-state index in [1.807, 2.05) is 6.08 Å². The Morgan fingerprint density at radius 3 is 2.38 bits per heavy atom. The van der Waals surface area contributed by atoms with Crippen LogP contribution in [-0.4, -0.2) is 33.6 Å². The Kier molecular flexibility index (Phi) is 7.24. The second-order valence-corrected chi connectivity index (χ2v) is 2.38. The molecule has 0 saturated heterocycles. The van der Waals surface area contributed by atoms with E-state index in [2.05, 4.69) is 4.74 Å². The highest BCUT2D eigenvalue weighted by Gasteiger charge is 1.99. The first-order chi connectivity index (χ1) is 6.24. The molecule has 0 fully saturated rings. The molecule has 0 bridgehead atoms. The number of esters is 1. The zero-order valence-electron chi connectivity index (χ0n) is 8.28. The van der Waals surface area contributed by atoms with Gasteiger partial charge in [-0.3, -0.25) is 4.79 Å². The maximum absolute atomic E-state index is 10.7. The van der Waals surface area contributed by atoms with Gasteiger partial charge in [0.2, 0.25) is 0 Å². The second-order valence-electron chi connectivity index (χ2n) is 2.38. The van der Waals surface area contributed by atoms with Crippen LogP contribution in [0.2, 0.25) is 0 Å². The van der Waals surface area contributed by atoms with Crippen LogP contribution in [0.5, 0.6) is 0 Å². The second kappa shape index (κ2) is 7.76. The lowest BCUT2D eigenvalue weighted by Gasteiger charge is -2.06. The maximum atomic E-state index is 10.7. The lowest BCUT2D eigenvalue weighted by molar-refractivity contribution is -0.140. The number of carbonyl (C=O) groups excluding carboxylic acids is 1. The highest BCUT2D eigenvalue weighted by Crippen LogP contribution is 1.97. The minimum absolute atomic E-state index is 0.212. The van der Waals surface area contributed by atoms with E-state index in [9.17, 15) is 4.79 Å². The summed E-state index contributed by atoms with van der Waals surface area (Å²) in [5.41, 5.74) is 0. The van der Waals surface area contributed by atoms with E-state index in [0.717, 1.165) is 0 Å². The molecule has 0 aromatic rings. The SMILES string of the molecule is COC(=O)CCC=CC(OC)OC. The van der Waals surface area contributed by atoms with E-state index < -0.39 is 0 Å². The maximum Gasteiger partial charge on any atom is 0.305 e. The largest absolute Gasteiger partial charge is 0.469 e. The normalized spacial score (nSPS) is 11.1. The van der Waals surface area contributed by atoms with E-state index in [1.54, 1.807) is 20.3 Å². The molecule has 0 N–H and O–H groups in total. The predicted molar refractivity (Wildman–Crippen MR) is 48.2 cm³/mol. The fourth-order valence-electron chi connectivity index (χ4n) is 0.764. The smallest absolute Gasteiger partial charge is 0.305 e. The van der Waals surface area contributed by atoms with Gasteiger partial charge in [0.15, 0.2) is 6.29 Å². The number of allylic oxidation sites excluding steroid dienone is 1. The summed E-state index contributed by atoms with van der Waals surface area (Å²) in [6.07, 6.45) is 4.26. The highest BCUT2D eigenvalue weighted by molar-refractivity contribution is 5.69. The molecule has 0 unspecified atom stereocenters. The Hall–Kier alpha value is -0.870. The summed E-state index contributed by atoms with van der Waals surface area (Å²) in [4.78, 5) is 10.7. The van der Waals surface area contributed by atoms with Crippen LogP contribution in [-0.2, 0) is 19.0 Å². The Bertz CT molecular complexity index is 161. The van der Waals surface area contributed by atoms with Crippen LogP contribution in [0.25, 0.3) is 0 Å². The van der Waals surface area contributed by atoms with Gasteiger partial charge in [-0.2, -0.15) is 0 Å². The van der Waals surface area contributed by atoms with E-state index in [4.69, 9.17) is 9.47 Å². The fourth-order valence-corrected chi connectivity index (χ4v) is 0.764. The lowest BCUT2D eigenvalue weighted by Crippen LogP contribution is -2.08. The summed E-state index contributed by atoms with van der Waals surface area (Å²) in [7, 11) is 4.48. The molecule has 4 nitrogen and oxygen atoms in total. The van der Waals surface area contributed by atoms with Gasteiger partial charge < -0.3 is 14.2 Å². The van der Waals surface area contributed by atoms with Crippen LogP contribution in [0, 0.1) is 0 Å². The zero-order chi connectivity index (χ0) is 10.1. The van der Waals surface area contributed by atoms with Crippen molar-refractivity contribution >= 4 is 5.97 Å². The molecule has 0 atom stereocenters. The van der Waals surface area contributed by atoms with Crippen LogP contribution in [0.3, 0.4) is 0 Å². The van der Waals surface area contributed by atoms with Crippen molar-refractivity contribution in [2.45, 2.75) is 19.1 Å². The van der Waals surface area contributed by atoms with Crippen LogP contribution >= 0.6 is 0 Å². The molecule has 0 aliphatic rings. The third-order valence-corrected chi connectivity index (χ3v) is 1.50. The Morgan fingerprint density at radius 2 is 1.92 bits per heavy atom. The van der Waals surface area contributed by atoms with Crippen LogP contribution in [0.1, 0.15) is 12.8 Å². The first-order valence-corrected chi connectivity index (χ1v) is 4.03. The number of hydrogen-bond donors (Lipinski definition) is 0. The lowest BCUT2D eigenvalue weighted by atomic mass is 10.3. The third kappa shape index (κ3) is 6.31. The molecule has 0 aromatic heterocycles. The molecule has 0 heterocycles. The molecular formula is C9H16O4. The van der Waals surface area contributed by atoms with E-state index >= 15 is 0 Å². The van der Waals surface area contributed by atoms with Gasteiger partial charge in [0.25, 0.3) is 0 Å². The van der Waals surface area contributed by atoms with E-state index in [0.29, 0.717) is 12.8 Å². The molecule has 0 spiro atoms. The Morgan fingerprint density at radius 1 is 1.31 bits per heavy atom. The summed E-state index contributed by atoms with van der Waals surface area (Å²) < 4.78 is 14.3. The fraction of sp³-hybridized carbons (Fsp3) is 0.667. The van der Waals surface area contributed by atoms with Gasteiger partial charge in [-0.15, -0.1) is 0 Å². The number of methoxy groups -OCH3 is 3. The number of rotatable bonds is 6. The van der Waals surface area contributed by atoms with Crippen molar-refractivity contribution in [2.24, 2.45) is 0 Å². The molecule has 0 aliphatic carbocycles. The molecule has 0 aromatic carbocycles. The van der Waals surface area contributed by atoms with Crippen molar-refractivity contribution in [2.75, 3.05) is 21.3 Å². The third-order valence-electron chi connectivity index (χ3n) is 1.50. The molecule has 0 aliphatic heterocycles.